The van der Waals surface area contributed by atoms with E-state index in [1.54, 1.807) is 24.5 Å². The second-order valence-corrected chi connectivity index (χ2v) is 4.30. The first kappa shape index (κ1) is 12.3. The van der Waals surface area contributed by atoms with Crippen LogP contribution in [0, 0.1) is 6.92 Å². The van der Waals surface area contributed by atoms with Crippen LogP contribution in [0.4, 0.5) is 0 Å². The monoisotopic (exact) mass is 241 g/mol. The van der Waals surface area contributed by atoms with Gasteiger partial charge in [-0.2, -0.15) is 0 Å². The molecule has 3 nitrogen and oxygen atoms in total. The number of aliphatic carboxylic acids is 1. The number of hydrogen-bond acceptors (Lipinski definition) is 2. The molecule has 0 radical (unpaired) electrons. The van der Waals surface area contributed by atoms with Gasteiger partial charge in [0, 0.05) is 12.4 Å². The number of hydrogen-bond donors (Lipinski definition) is 1. The van der Waals surface area contributed by atoms with Crippen LogP contribution in [0.25, 0.3) is 0 Å². The van der Waals surface area contributed by atoms with Crippen molar-refractivity contribution in [2.24, 2.45) is 0 Å². The minimum atomic E-state index is -0.801. The summed E-state index contributed by atoms with van der Waals surface area (Å²) in [5.41, 5.74) is 2.99. The standard InChI is InChI=1S/C15H15NO2/c1-11-4-2-3-5-13(11)10-14(15(17)18)12-6-8-16-9-7-12/h2-9,14H,10H2,1H3,(H,17,18). The highest BCUT2D eigenvalue weighted by Gasteiger charge is 2.20. The summed E-state index contributed by atoms with van der Waals surface area (Å²) in [6.07, 6.45) is 3.76. The molecule has 2 rings (SSSR count). The molecule has 92 valence electrons. The summed E-state index contributed by atoms with van der Waals surface area (Å²) < 4.78 is 0. The lowest BCUT2D eigenvalue weighted by Crippen LogP contribution is -2.15. The zero-order valence-electron chi connectivity index (χ0n) is 10.2. The maximum atomic E-state index is 11.4. The number of nitrogens with zero attached hydrogens (tertiary/aromatic N) is 1. The van der Waals surface area contributed by atoms with Crippen molar-refractivity contribution in [3.05, 3.63) is 65.5 Å². The molecule has 0 saturated heterocycles. The molecule has 1 unspecified atom stereocenters. The molecule has 0 aliphatic rings. The molecule has 0 spiro atoms. The minimum absolute atomic E-state index is 0.506. The van der Waals surface area contributed by atoms with Gasteiger partial charge in [0.2, 0.25) is 0 Å². The Morgan fingerprint density at radius 2 is 1.89 bits per heavy atom. The van der Waals surface area contributed by atoms with Crippen LogP contribution in [0.1, 0.15) is 22.6 Å². The van der Waals surface area contributed by atoms with Crippen LogP contribution in [0.2, 0.25) is 0 Å². The zero-order chi connectivity index (χ0) is 13.0. The number of pyridine rings is 1. The summed E-state index contributed by atoms with van der Waals surface area (Å²) in [7, 11) is 0. The first-order valence-corrected chi connectivity index (χ1v) is 5.85. The van der Waals surface area contributed by atoms with E-state index in [1.165, 1.54) is 0 Å². The normalized spacial score (nSPS) is 12.1. The fourth-order valence-electron chi connectivity index (χ4n) is 2.00. The molecule has 18 heavy (non-hydrogen) atoms. The van der Waals surface area contributed by atoms with Crippen molar-refractivity contribution in [2.45, 2.75) is 19.3 Å². The number of aryl methyl sites for hydroxylation is 1. The van der Waals surface area contributed by atoms with Crippen molar-refractivity contribution in [3.8, 4) is 0 Å². The third-order valence-corrected chi connectivity index (χ3v) is 3.09. The molecule has 0 amide bonds. The summed E-state index contributed by atoms with van der Waals surface area (Å²) in [6.45, 7) is 2.00. The average molecular weight is 241 g/mol. The van der Waals surface area contributed by atoms with Gasteiger partial charge in [0.15, 0.2) is 0 Å². The quantitative estimate of drug-likeness (QED) is 0.895. The van der Waals surface area contributed by atoms with Crippen molar-refractivity contribution in [2.75, 3.05) is 0 Å². The van der Waals surface area contributed by atoms with Crippen LogP contribution in [0.5, 0.6) is 0 Å². The van der Waals surface area contributed by atoms with Crippen molar-refractivity contribution < 1.29 is 9.90 Å². The predicted molar refractivity (Wildman–Crippen MR) is 69.5 cm³/mol. The molecule has 1 atom stereocenters. The van der Waals surface area contributed by atoms with Gasteiger partial charge in [0.05, 0.1) is 5.92 Å². The molecule has 0 fully saturated rings. The fraction of sp³-hybridized carbons (Fsp3) is 0.200. The molecule has 0 aliphatic carbocycles. The van der Waals surface area contributed by atoms with Gasteiger partial charge in [-0.3, -0.25) is 9.78 Å². The summed E-state index contributed by atoms with van der Waals surface area (Å²) in [6, 6.07) is 11.4. The van der Waals surface area contributed by atoms with E-state index in [2.05, 4.69) is 4.98 Å². The largest absolute Gasteiger partial charge is 0.481 e. The number of carboxylic acids is 1. The molecule has 1 aromatic carbocycles. The van der Waals surface area contributed by atoms with E-state index in [-0.39, 0.29) is 0 Å². The van der Waals surface area contributed by atoms with Crippen molar-refractivity contribution in [1.82, 2.24) is 4.98 Å². The van der Waals surface area contributed by atoms with Crippen LogP contribution in [0.3, 0.4) is 0 Å². The van der Waals surface area contributed by atoms with Crippen molar-refractivity contribution in [1.29, 1.82) is 0 Å². The highest BCUT2D eigenvalue weighted by atomic mass is 16.4. The summed E-state index contributed by atoms with van der Waals surface area (Å²) in [5, 5.41) is 9.36. The van der Waals surface area contributed by atoms with Crippen LogP contribution in [-0.4, -0.2) is 16.1 Å². The fourth-order valence-corrected chi connectivity index (χ4v) is 2.00. The Balaban J connectivity index is 2.28. The molecule has 3 heteroatoms. The predicted octanol–water partition coefficient (Wildman–Crippen LogP) is 2.80. The smallest absolute Gasteiger partial charge is 0.311 e. The zero-order valence-corrected chi connectivity index (χ0v) is 10.2. The lowest BCUT2D eigenvalue weighted by molar-refractivity contribution is -0.138. The van der Waals surface area contributed by atoms with Crippen LogP contribution in [0.15, 0.2) is 48.8 Å². The molecule has 2 aromatic rings. The van der Waals surface area contributed by atoms with E-state index < -0.39 is 11.9 Å². The summed E-state index contributed by atoms with van der Waals surface area (Å²) >= 11 is 0. The van der Waals surface area contributed by atoms with Gasteiger partial charge < -0.3 is 5.11 Å². The lowest BCUT2D eigenvalue weighted by Gasteiger charge is -2.14. The molecule has 0 aliphatic heterocycles. The SMILES string of the molecule is Cc1ccccc1CC(C(=O)O)c1ccncc1. The first-order chi connectivity index (χ1) is 8.68. The number of aromatic nitrogens is 1. The van der Waals surface area contributed by atoms with E-state index in [0.29, 0.717) is 6.42 Å². The Hall–Kier alpha value is -2.16. The van der Waals surface area contributed by atoms with Crippen LogP contribution < -0.4 is 0 Å². The summed E-state index contributed by atoms with van der Waals surface area (Å²) in [4.78, 5) is 15.3. The third kappa shape index (κ3) is 2.74. The lowest BCUT2D eigenvalue weighted by atomic mass is 9.91. The van der Waals surface area contributed by atoms with Crippen LogP contribution in [-0.2, 0) is 11.2 Å². The third-order valence-electron chi connectivity index (χ3n) is 3.09. The average Bonchev–Trinajstić information content (AvgIpc) is 2.38. The number of benzene rings is 1. The second kappa shape index (κ2) is 5.45. The molecular formula is C15H15NO2. The molecule has 0 bridgehead atoms. The minimum Gasteiger partial charge on any atom is -0.481 e. The summed E-state index contributed by atoms with van der Waals surface area (Å²) in [5.74, 6) is -1.32. The van der Waals surface area contributed by atoms with Gasteiger partial charge in [-0.05, 0) is 42.2 Å². The molecule has 1 N–H and O–H groups in total. The molecular weight excluding hydrogens is 226 g/mol. The van der Waals surface area contributed by atoms with Crippen LogP contribution >= 0.6 is 0 Å². The molecule has 1 aromatic heterocycles. The van der Waals surface area contributed by atoms with Gasteiger partial charge in [-0.15, -0.1) is 0 Å². The van der Waals surface area contributed by atoms with E-state index in [1.807, 2.05) is 31.2 Å². The topological polar surface area (TPSA) is 50.2 Å². The number of carboxylic acid groups (broad SMARTS) is 1. The van der Waals surface area contributed by atoms with E-state index in [4.69, 9.17) is 0 Å². The number of rotatable bonds is 4. The highest BCUT2D eigenvalue weighted by Crippen LogP contribution is 2.22. The number of carbonyl (C=O) groups is 1. The Bertz CT molecular complexity index is 537. The van der Waals surface area contributed by atoms with E-state index in [0.717, 1.165) is 16.7 Å². The van der Waals surface area contributed by atoms with Gasteiger partial charge in [-0.1, -0.05) is 24.3 Å². The molecule has 0 saturated carbocycles. The van der Waals surface area contributed by atoms with Crippen molar-refractivity contribution in [3.63, 3.8) is 0 Å². The Morgan fingerprint density at radius 1 is 1.22 bits per heavy atom. The van der Waals surface area contributed by atoms with E-state index >= 15 is 0 Å². The first-order valence-electron chi connectivity index (χ1n) is 5.85. The second-order valence-electron chi connectivity index (χ2n) is 4.30. The van der Waals surface area contributed by atoms with E-state index in [9.17, 15) is 9.90 Å². The van der Waals surface area contributed by atoms with Gasteiger partial charge in [-0.25, -0.2) is 0 Å². The van der Waals surface area contributed by atoms with Gasteiger partial charge >= 0.3 is 5.97 Å². The van der Waals surface area contributed by atoms with Crippen molar-refractivity contribution >= 4 is 5.97 Å². The Kier molecular flexibility index (Phi) is 3.72. The highest BCUT2D eigenvalue weighted by molar-refractivity contribution is 5.76. The Labute approximate surface area is 106 Å². The maximum Gasteiger partial charge on any atom is 0.311 e. The van der Waals surface area contributed by atoms with Gasteiger partial charge in [0.25, 0.3) is 0 Å². The van der Waals surface area contributed by atoms with Gasteiger partial charge in [0.1, 0.15) is 0 Å². The Morgan fingerprint density at radius 3 is 2.50 bits per heavy atom. The maximum absolute atomic E-state index is 11.4. The molecule has 1 heterocycles.